The van der Waals surface area contributed by atoms with E-state index in [4.69, 9.17) is 16.6 Å². The number of fused-ring (bicyclic) bond motifs is 1. The predicted molar refractivity (Wildman–Crippen MR) is 112 cm³/mol. The SMILES string of the molecule is CC[C@@H](C)NC(=O)CSc1nc2cc(Cl)ccc2c(=O)n1C1CCCCC1. The molecule has 0 unspecified atom stereocenters. The van der Waals surface area contributed by atoms with Gasteiger partial charge in [-0.15, -0.1) is 0 Å². The summed E-state index contributed by atoms with van der Waals surface area (Å²) in [5.74, 6) is 0.209. The molecule has 7 heteroatoms. The minimum atomic E-state index is -0.0371. The third-order valence-corrected chi connectivity index (χ3v) is 6.31. The minimum absolute atomic E-state index is 0.0339. The number of benzene rings is 1. The second-order valence-electron chi connectivity index (χ2n) is 7.19. The molecular formula is C20H26ClN3O2S. The number of hydrogen-bond acceptors (Lipinski definition) is 4. The zero-order valence-corrected chi connectivity index (χ0v) is 17.4. The quantitative estimate of drug-likeness (QED) is 0.563. The topological polar surface area (TPSA) is 64.0 Å². The third kappa shape index (κ3) is 4.85. The lowest BCUT2D eigenvalue weighted by atomic mass is 9.95. The van der Waals surface area contributed by atoms with Crippen molar-refractivity contribution >= 4 is 40.2 Å². The average molecular weight is 408 g/mol. The van der Waals surface area contributed by atoms with E-state index in [1.807, 2.05) is 18.4 Å². The molecule has 146 valence electrons. The molecule has 1 saturated carbocycles. The Morgan fingerprint density at radius 3 is 2.81 bits per heavy atom. The Hall–Kier alpha value is -1.53. The van der Waals surface area contributed by atoms with Crippen LogP contribution in [0.1, 0.15) is 58.4 Å². The number of carbonyl (C=O) groups is 1. The molecule has 2 aromatic rings. The summed E-state index contributed by atoms with van der Waals surface area (Å²) in [5, 5.41) is 4.71. The average Bonchev–Trinajstić information content (AvgIpc) is 2.66. The summed E-state index contributed by atoms with van der Waals surface area (Å²) in [5.41, 5.74) is 0.554. The molecule has 27 heavy (non-hydrogen) atoms. The van der Waals surface area contributed by atoms with Gasteiger partial charge in [0.25, 0.3) is 5.56 Å². The lowest BCUT2D eigenvalue weighted by molar-refractivity contribution is -0.119. The molecule has 0 aliphatic heterocycles. The van der Waals surface area contributed by atoms with Gasteiger partial charge in [0, 0.05) is 17.1 Å². The molecule has 0 spiro atoms. The monoisotopic (exact) mass is 407 g/mol. The summed E-state index contributed by atoms with van der Waals surface area (Å²) in [4.78, 5) is 30.1. The number of nitrogens with one attached hydrogen (secondary N) is 1. The third-order valence-electron chi connectivity index (χ3n) is 5.12. The van der Waals surface area contributed by atoms with Gasteiger partial charge in [0.05, 0.1) is 16.7 Å². The van der Waals surface area contributed by atoms with Gasteiger partial charge in [-0.25, -0.2) is 4.98 Å². The minimum Gasteiger partial charge on any atom is -0.353 e. The van der Waals surface area contributed by atoms with Crippen LogP contribution in [-0.2, 0) is 4.79 Å². The molecule has 1 heterocycles. The number of hydrogen-bond donors (Lipinski definition) is 1. The highest BCUT2D eigenvalue weighted by atomic mass is 35.5. The van der Waals surface area contributed by atoms with Crippen LogP contribution >= 0.6 is 23.4 Å². The van der Waals surface area contributed by atoms with Gasteiger partial charge in [-0.2, -0.15) is 0 Å². The van der Waals surface area contributed by atoms with E-state index >= 15 is 0 Å². The standard InChI is InChI=1S/C20H26ClN3O2S/c1-3-13(2)22-18(25)12-27-20-23-17-11-14(21)9-10-16(17)19(26)24(20)15-7-5-4-6-8-15/h9-11,13,15H,3-8,12H2,1-2H3,(H,22,25)/t13-/m1/s1. The Bertz CT molecular complexity index is 877. The molecule has 1 fully saturated rings. The first-order valence-corrected chi connectivity index (χ1v) is 11.0. The maximum atomic E-state index is 13.2. The largest absolute Gasteiger partial charge is 0.353 e. The van der Waals surface area contributed by atoms with Crippen LogP contribution in [0.25, 0.3) is 10.9 Å². The highest BCUT2D eigenvalue weighted by molar-refractivity contribution is 7.99. The smallest absolute Gasteiger partial charge is 0.262 e. The fraction of sp³-hybridized carbons (Fsp3) is 0.550. The van der Waals surface area contributed by atoms with Crippen LogP contribution in [0.4, 0.5) is 0 Å². The highest BCUT2D eigenvalue weighted by Gasteiger charge is 2.22. The summed E-state index contributed by atoms with van der Waals surface area (Å²) in [6.07, 6.45) is 6.29. The maximum absolute atomic E-state index is 13.2. The van der Waals surface area contributed by atoms with Crippen LogP contribution in [0, 0.1) is 0 Å². The summed E-state index contributed by atoms with van der Waals surface area (Å²) < 4.78 is 1.82. The van der Waals surface area contributed by atoms with E-state index in [0.29, 0.717) is 21.1 Å². The van der Waals surface area contributed by atoms with Crippen molar-refractivity contribution < 1.29 is 4.79 Å². The number of aromatic nitrogens is 2. The number of nitrogens with zero attached hydrogens (tertiary/aromatic N) is 2. The van der Waals surface area contributed by atoms with Crippen LogP contribution in [0.15, 0.2) is 28.2 Å². The van der Waals surface area contributed by atoms with Crippen LogP contribution < -0.4 is 10.9 Å². The van der Waals surface area contributed by atoms with Gasteiger partial charge >= 0.3 is 0 Å². The molecule has 0 bridgehead atoms. The van der Waals surface area contributed by atoms with Crippen molar-refractivity contribution in [1.29, 1.82) is 0 Å². The van der Waals surface area contributed by atoms with Gasteiger partial charge in [0.1, 0.15) is 0 Å². The van der Waals surface area contributed by atoms with Gasteiger partial charge in [0.15, 0.2) is 5.16 Å². The Kier molecular flexibility index (Phi) is 6.82. The van der Waals surface area contributed by atoms with E-state index in [1.165, 1.54) is 18.2 Å². The van der Waals surface area contributed by atoms with E-state index in [-0.39, 0.29) is 29.3 Å². The lowest BCUT2D eigenvalue weighted by Crippen LogP contribution is -2.34. The lowest BCUT2D eigenvalue weighted by Gasteiger charge is -2.26. The van der Waals surface area contributed by atoms with Crippen molar-refractivity contribution in [3.8, 4) is 0 Å². The Morgan fingerprint density at radius 1 is 1.37 bits per heavy atom. The number of amides is 1. The predicted octanol–water partition coefficient (Wildman–Crippen LogP) is 4.56. The number of carbonyl (C=O) groups excluding carboxylic acids is 1. The van der Waals surface area contributed by atoms with Crippen molar-refractivity contribution in [3.05, 3.63) is 33.6 Å². The summed E-state index contributed by atoms with van der Waals surface area (Å²) in [6, 6.07) is 5.48. The number of halogens is 1. The zero-order valence-electron chi connectivity index (χ0n) is 15.8. The molecule has 1 aliphatic carbocycles. The Morgan fingerprint density at radius 2 is 2.11 bits per heavy atom. The Balaban J connectivity index is 1.95. The Labute approximate surface area is 168 Å². The summed E-state index contributed by atoms with van der Waals surface area (Å²) >= 11 is 7.43. The van der Waals surface area contributed by atoms with Gasteiger partial charge in [0.2, 0.25) is 5.91 Å². The van der Waals surface area contributed by atoms with E-state index in [9.17, 15) is 9.59 Å². The first-order chi connectivity index (χ1) is 13.0. The van der Waals surface area contributed by atoms with E-state index < -0.39 is 0 Å². The van der Waals surface area contributed by atoms with Crippen LogP contribution in [0.5, 0.6) is 0 Å². The number of thioether (sulfide) groups is 1. The van der Waals surface area contributed by atoms with Crippen molar-refractivity contribution in [2.45, 2.75) is 69.6 Å². The van der Waals surface area contributed by atoms with Crippen LogP contribution in [0.3, 0.4) is 0 Å². The molecule has 1 aromatic heterocycles. The van der Waals surface area contributed by atoms with Gasteiger partial charge in [-0.3, -0.25) is 14.2 Å². The van der Waals surface area contributed by atoms with Gasteiger partial charge in [-0.1, -0.05) is 49.5 Å². The molecule has 1 aliphatic rings. The zero-order chi connectivity index (χ0) is 19.4. The first-order valence-electron chi connectivity index (χ1n) is 9.63. The molecule has 1 aromatic carbocycles. The molecule has 1 N–H and O–H groups in total. The van der Waals surface area contributed by atoms with E-state index in [2.05, 4.69) is 5.32 Å². The van der Waals surface area contributed by atoms with Crippen LogP contribution in [0.2, 0.25) is 5.02 Å². The van der Waals surface area contributed by atoms with Crippen molar-refractivity contribution in [2.75, 3.05) is 5.75 Å². The highest BCUT2D eigenvalue weighted by Crippen LogP contribution is 2.31. The fourth-order valence-electron chi connectivity index (χ4n) is 3.46. The molecule has 5 nitrogen and oxygen atoms in total. The van der Waals surface area contributed by atoms with Crippen molar-refractivity contribution in [2.24, 2.45) is 0 Å². The normalized spacial score (nSPS) is 16.4. The van der Waals surface area contributed by atoms with Gasteiger partial charge in [-0.05, 0) is 44.4 Å². The first kappa shape index (κ1) is 20.2. The molecule has 1 amide bonds. The van der Waals surface area contributed by atoms with Crippen LogP contribution in [-0.4, -0.2) is 27.3 Å². The molecule has 3 rings (SSSR count). The number of rotatable bonds is 6. The van der Waals surface area contributed by atoms with Crippen molar-refractivity contribution in [3.63, 3.8) is 0 Å². The van der Waals surface area contributed by atoms with Crippen molar-refractivity contribution in [1.82, 2.24) is 14.9 Å². The fourth-order valence-corrected chi connectivity index (χ4v) is 4.51. The molecular weight excluding hydrogens is 382 g/mol. The van der Waals surface area contributed by atoms with Gasteiger partial charge < -0.3 is 5.32 Å². The summed E-state index contributed by atoms with van der Waals surface area (Å²) in [6.45, 7) is 4.02. The van der Waals surface area contributed by atoms with E-state index in [1.54, 1.807) is 18.2 Å². The summed E-state index contributed by atoms with van der Waals surface area (Å²) in [7, 11) is 0. The molecule has 1 atom stereocenters. The second kappa shape index (κ2) is 9.11. The molecule has 0 saturated heterocycles. The van der Waals surface area contributed by atoms with E-state index in [0.717, 1.165) is 32.1 Å². The molecule has 0 radical (unpaired) electrons. The second-order valence-corrected chi connectivity index (χ2v) is 8.57. The maximum Gasteiger partial charge on any atom is 0.262 e.